The summed E-state index contributed by atoms with van der Waals surface area (Å²) < 4.78 is 25.3. The molecular formula is C10H12F2N2O3. The number of aromatic nitrogens is 2. The third-order valence-electron chi connectivity index (χ3n) is 2.42. The molecule has 0 aromatic carbocycles. The molecule has 0 fully saturated rings. The lowest BCUT2D eigenvalue weighted by Gasteiger charge is -2.13. The van der Waals surface area contributed by atoms with Crippen LogP contribution in [0.3, 0.4) is 0 Å². The summed E-state index contributed by atoms with van der Waals surface area (Å²) in [5.74, 6) is -1.10. The number of aliphatic carboxylic acids is 1. The molecule has 1 rings (SSSR count). The number of halogens is 2. The number of nitrogens with zero attached hydrogens (tertiary/aromatic N) is 2. The topological polar surface area (TPSA) is 72.2 Å². The highest BCUT2D eigenvalue weighted by atomic mass is 19.3. The molecule has 0 spiro atoms. The van der Waals surface area contributed by atoms with Crippen molar-refractivity contribution in [3.63, 3.8) is 0 Å². The maximum absolute atomic E-state index is 12.3. The predicted octanol–water partition coefficient (Wildman–Crippen LogP) is 0.752. The summed E-state index contributed by atoms with van der Waals surface area (Å²) in [6.07, 6.45) is -3.03. The number of rotatable bonds is 4. The second kappa shape index (κ2) is 5.03. The summed E-state index contributed by atoms with van der Waals surface area (Å²) in [4.78, 5) is 25.6. The minimum atomic E-state index is -2.69. The van der Waals surface area contributed by atoms with Gasteiger partial charge in [0.1, 0.15) is 0 Å². The summed E-state index contributed by atoms with van der Waals surface area (Å²) >= 11 is 0. The zero-order valence-corrected chi connectivity index (χ0v) is 9.41. The molecule has 0 amide bonds. The number of carbonyl (C=O) groups is 1. The number of hydrogen-bond acceptors (Lipinski definition) is 3. The van der Waals surface area contributed by atoms with Crippen LogP contribution in [0.1, 0.15) is 17.0 Å². The van der Waals surface area contributed by atoms with Crippen LogP contribution in [0, 0.1) is 13.8 Å². The maximum Gasteiger partial charge on any atom is 0.348 e. The van der Waals surface area contributed by atoms with E-state index in [1.54, 1.807) is 0 Å². The highest BCUT2D eigenvalue weighted by Gasteiger charge is 2.16. The SMILES string of the molecule is Cc1nc(=O)n(CC(F)F)c(C)c1CC(=O)O. The molecule has 0 saturated carbocycles. The van der Waals surface area contributed by atoms with E-state index in [4.69, 9.17) is 5.11 Å². The lowest BCUT2D eigenvalue weighted by molar-refractivity contribution is -0.136. The van der Waals surface area contributed by atoms with E-state index < -0.39 is 24.6 Å². The Morgan fingerprint density at radius 1 is 1.47 bits per heavy atom. The normalized spacial score (nSPS) is 10.9. The van der Waals surface area contributed by atoms with Gasteiger partial charge in [0, 0.05) is 17.0 Å². The Labute approximate surface area is 95.7 Å². The van der Waals surface area contributed by atoms with E-state index in [9.17, 15) is 18.4 Å². The Morgan fingerprint density at radius 3 is 2.53 bits per heavy atom. The molecule has 17 heavy (non-hydrogen) atoms. The molecule has 0 saturated heterocycles. The summed E-state index contributed by atoms with van der Waals surface area (Å²) in [7, 11) is 0. The molecule has 94 valence electrons. The smallest absolute Gasteiger partial charge is 0.348 e. The van der Waals surface area contributed by atoms with Crippen LogP contribution in [-0.4, -0.2) is 27.1 Å². The number of alkyl halides is 2. The van der Waals surface area contributed by atoms with Gasteiger partial charge in [-0.15, -0.1) is 0 Å². The quantitative estimate of drug-likeness (QED) is 0.851. The summed E-state index contributed by atoms with van der Waals surface area (Å²) in [5.41, 5.74) is 0.0119. The van der Waals surface area contributed by atoms with Gasteiger partial charge in [-0.1, -0.05) is 0 Å². The van der Waals surface area contributed by atoms with Crippen LogP contribution in [0.2, 0.25) is 0 Å². The van der Waals surface area contributed by atoms with E-state index in [1.807, 2.05) is 0 Å². The number of carboxylic acids is 1. The molecule has 5 nitrogen and oxygen atoms in total. The van der Waals surface area contributed by atoms with Crippen LogP contribution in [0.4, 0.5) is 8.78 Å². The minimum Gasteiger partial charge on any atom is -0.481 e. The van der Waals surface area contributed by atoms with E-state index in [1.165, 1.54) is 13.8 Å². The molecule has 1 aromatic rings. The van der Waals surface area contributed by atoms with Gasteiger partial charge >= 0.3 is 11.7 Å². The van der Waals surface area contributed by atoms with Gasteiger partial charge in [-0.3, -0.25) is 9.36 Å². The fraction of sp³-hybridized carbons (Fsp3) is 0.500. The fourth-order valence-corrected chi connectivity index (χ4v) is 1.60. The highest BCUT2D eigenvalue weighted by Crippen LogP contribution is 2.11. The lowest BCUT2D eigenvalue weighted by atomic mass is 10.1. The Bertz CT molecular complexity index is 497. The number of carboxylic acid groups (broad SMARTS) is 1. The standard InChI is InChI=1S/C10H12F2N2O3/c1-5-7(3-9(15)16)6(2)14(4-8(11)12)10(17)13-5/h8H,3-4H2,1-2H3,(H,15,16). The van der Waals surface area contributed by atoms with Crippen LogP contribution in [0.5, 0.6) is 0 Å². The average molecular weight is 246 g/mol. The van der Waals surface area contributed by atoms with Gasteiger partial charge in [0.25, 0.3) is 6.43 Å². The third kappa shape index (κ3) is 3.08. The largest absolute Gasteiger partial charge is 0.481 e. The molecule has 0 unspecified atom stereocenters. The minimum absolute atomic E-state index is 0.227. The molecule has 7 heteroatoms. The highest BCUT2D eigenvalue weighted by molar-refractivity contribution is 5.70. The molecule has 0 aliphatic carbocycles. The number of hydrogen-bond donors (Lipinski definition) is 1. The Kier molecular flexibility index (Phi) is 3.93. The van der Waals surface area contributed by atoms with Gasteiger partial charge in [0.2, 0.25) is 0 Å². The third-order valence-corrected chi connectivity index (χ3v) is 2.42. The first-order valence-electron chi connectivity index (χ1n) is 4.89. The van der Waals surface area contributed by atoms with E-state index in [-0.39, 0.29) is 17.8 Å². The van der Waals surface area contributed by atoms with Gasteiger partial charge < -0.3 is 5.11 Å². The zero-order chi connectivity index (χ0) is 13.2. The van der Waals surface area contributed by atoms with E-state index in [0.717, 1.165) is 4.57 Å². The van der Waals surface area contributed by atoms with E-state index in [0.29, 0.717) is 5.56 Å². The first kappa shape index (κ1) is 13.3. The maximum atomic E-state index is 12.3. The van der Waals surface area contributed by atoms with Crippen molar-refractivity contribution >= 4 is 5.97 Å². The summed E-state index contributed by atoms with van der Waals surface area (Å²) in [6.45, 7) is 2.15. The van der Waals surface area contributed by atoms with Gasteiger partial charge in [-0.25, -0.2) is 13.6 Å². The van der Waals surface area contributed by atoms with Crippen LogP contribution in [0.15, 0.2) is 4.79 Å². The molecular weight excluding hydrogens is 234 g/mol. The molecule has 0 bridgehead atoms. The fourth-order valence-electron chi connectivity index (χ4n) is 1.60. The van der Waals surface area contributed by atoms with Gasteiger partial charge in [-0.2, -0.15) is 4.98 Å². The first-order valence-corrected chi connectivity index (χ1v) is 4.89. The van der Waals surface area contributed by atoms with Crippen LogP contribution in [0.25, 0.3) is 0 Å². The Hall–Kier alpha value is -1.79. The van der Waals surface area contributed by atoms with Crippen molar-refractivity contribution in [1.82, 2.24) is 9.55 Å². The van der Waals surface area contributed by atoms with Gasteiger partial charge in [0.05, 0.1) is 13.0 Å². The van der Waals surface area contributed by atoms with Crippen molar-refractivity contribution in [2.45, 2.75) is 33.2 Å². The van der Waals surface area contributed by atoms with E-state index in [2.05, 4.69) is 4.98 Å². The molecule has 1 aromatic heterocycles. The molecule has 0 atom stereocenters. The molecule has 0 aliphatic rings. The van der Waals surface area contributed by atoms with Crippen molar-refractivity contribution < 1.29 is 18.7 Å². The monoisotopic (exact) mass is 246 g/mol. The Morgan fingerprint density at radius 2 is 2.06 bits per heavy atom. The Balaban J connectivity index is 3.32. The molecule has 1 N–H and O–H groups in total. The van der Waals surface area contributed by atoms with Crippen molar-refractivity contribution in [3.05, 3.63) is 27.4 Å². The summed E-state index contributed by atoms with van der Waals surface area (Å²) in [6, 6.07) is 0. The van der Waals surface area contributed by atoms with Crippen molar-refractivity contribution in [1.29, 1.82) is 0 Å². The average Bonchev–Trinajstić information content (AvgIpc) is 2.18. The zero-order valence-electron chi connectivity index (χ0n) is 9.41. The van der Waals surface area contributed by atoms with E-state index >= 15 is 0 Å². The second-order valence-corrected chi connectivity index (χ2v) is 3.62. The molecule has 0 aliphatic heterocycles. The van der Waals surface area contributed by atoms with Crippen molar-refractivity contribution in [2.75, 3.05) is 0 Å². The van der Waals surface area contributed by atoms with Crippen molar-refractivity contribution in [2.24, 2.45) is 0 Å². The van der Waals surface area contributed by atoms with Gasteiger partial charge in [-0.05, 0) is 13.8 Å². The first-order chi connectivity index (χ1) is 7.82. The summed E-state index contributed by atoms with van der Waals surface area (Å²) in [5, 5.41) is 8.69. The van der Waals surface area contributed by atoms with Gasteiger partial charge in [0.15, 0.2) is 0 Å². The van der Waals surface area contributed by atoms with Crippen LogP contribution < -0.4 is 5.69 Å². The van der Waals surface area contributed by atoms with Crippen LogP contribution in [-0.2, 0) is 17.8 Å². The lowest BCUT2D eigenvalue weighted by Crippen LogP contribution is -2.30. The predicted molar refractivity (Wildman–Crippen MR) is 55.3 cm³/mol. The number of aryl methyl sites for hydroxylation is 1. The van der Waals surface area contributed by atoms with Crippen molar-refractivity contribution in [3.8, 4) is 0 Å². The second-order valence-electron chi connectivity index (χ2n) is 3.62. The molecule has 1 heterocycles. The van der Waals surface area contributed by atoms with Crippen LogP contribution >= 0.6 is 0 Å². The molecule has 0 radical (unpaired) electrons.